The molecule has 18 heavy (non-hydrogen) atoms. The van der Waals surface area contributed by atoms with Crippen molar-refractivity contribution in [2.24, 2.45) is 0 Å². The average molecular weight is 242 g/mol. The third-order valence-electron chi connectivity index (χ3n) is 2.51. The Kier molecular flexibility index (Phi) is 3.44. The Hall–Kier alpha value is -2.54. The molecule has 0 bridgehead atoms. The molecule has 0 radical (unpaired) electrons. The van der Waals surface area contributed by atoms with Crippen molar-refractivity contribution >= 4 is 5.69 Å². The van der Waals surface area contributed by atoms with Gasteiger partial charge in [0.15, 0.2) is 0 Å². The van der Waals surface area contributed by atoms with Gasteiger partial charge in [-0.25, -0.2) is 4.39 Å². The Morgan fingerprint density at radius 3 is 2.67 bits per heavy atom. The fourth-order valence-corrected chi connectivity index (χ4v) is 1.50. The number of nitrogens with zero attached hydrogens (tertiary/aromatic N) is 1. The summed E-state index contributed by atoms with van der Waals surface area (Å²) in [6.07, 6.45) is 0. The van der Waals surface area contributed by atoms with Gasteiger partial charge in [-0.05, 0) is 18.2 Å². The van der Waals surface area contributed by atoms with Crippen LogP contribution in [0.5, 0.6) is 5.75 Å². The van der Waals surface area contributed by atoms with Crippen LogP contribution in [0.15, 0.2) is 42.5 Å². The highest BCUT2D eigenvalue weighted by Gasteiger charge is 2.04. The first-order chi connectivity index (χ1) is 8.70. The predicted molar refractivity (Wildman–Crippen MR) is 66.3 cm³/mol. The molecular weight excluding hydrogens is 231 g/mol. The molecule has 0 aromatic heterocycles. The van der Waals surface area contributed by atoms with E-state index in [-0.39, 0.29) is 12.2 Å². The lowest BCUT2D eigenvalue weighted by Gasteiger charge is -2.08. The molecule has 0 amide bonds. The van der Waals surface area contributed by atoms with Gasteiger partial charge < -0.3 is 10.5 Å². The number of hydrogen-bond acceptors (Lipinski definition) is 3. The molecule has 2 N–H and O–H groups in total. The summed E-state index contributed by atoms with van der Waals surface area (Å²) < 4.78 is 18.8. The Morgan fingerprint density at radius 2 is 2.00 bits per heavy atom. The number of nitriles is 1. The molecule has 2 aromatic rings. The largest absolute Gasteiger partial charge is 0.489 e. The van der Waals surface area contributed by atoms with E-state index >= 15 is 0 Å². The van der Waals surface area contributed by atoms with Gasteiger partial charge in [0, 0.05) is 17.3 Å². The summed E-state index contributed by atoms with van der Waals surface area (Å²) in [5, 5.41) is 8.61. The lowest BCUT2D eigenvalue weighted by Crippen LogP contribution is -2.00. The van der Waals surface area contributed by atoms with Crippen molar-refractivity contribution in [3.63, 3.8) is 0 Å². The molecule has 3 nitrogen and oxygen atoms in total. The lowest BCUT2D eigenvalue weighted by molar-refractivity contribution is 0.305. The molecule has 0 saturated carbocycles. The minimum absolute atomic E-state index is 0.00146. The van der Waals surface area contributed by atoms with Crippen molar-refractivity contribution in [3.8, 4) is 11.8 Å². The fraction of sp³-hybridized carbons (Fsp3) is 0.0714. The topological polar surface area (TPSA) is 59.0 Å². The molecule has 4 heteroatoms. The molecule has 0 atom stereocenters. The molecule has 0 aliphatic heterocycles. The quantitative estimate of drug-likeness (QED) is 0.842. The molecule has 0 saturated heterocycles. The molecule has 0 fully saturated rings. The molecule has 0 spiro atoms. The zero-order valence-corrected chi connectivity index (χ0v) is 9.56. The van der Waals surface area contributed by atoms with Crippen LogP contribution in [0.2, 0.25) is 0 Å². The van der Waals surface area contributed by atoms with Gasteiger partial charge in [0.05, 0.1) is 5.56 Å². The number of para-hydroxylation sites is 1. The summed E-state index contributed by atoms with van der Waals surface area (Å²) in [6.45, 7) is 0.262. The Labute approximate surface area is 104 Å². The van der Waals surface area contributed by atoms with Crippen LogP contribution in [0.3, 0.4) is 0 Å². The highest BCUT2D eigenvalue weighted by atomic mass is 19.1. The van der Waals surface area contributed by atoms with Crippen molar-refractivity contribution in [3.05, 3.63) is 59.4 Å². The highest BCUT2D eigenvalue weighted by Crippen LogP contribution is 2.19. The van der Waals surface area contributed by atoms with Crippen molar-refractivity contribution < 1.29 is 9.13 Å². The first kappa shape index (κ1) is 11.9. The molecule has 2 aromatic carbocycles. The van der Waals surface area contributed by atoms with Gasteiger partial charge in [0.2, 0.25) is 0 Å². The van der Waals surface area contributed by atoms with Crippen LogP contribution in [0.25, 0.3) is 0 Å². The second-order valence-corrected chi connectivity index (χ2v) is 3.74. The number of nitrogen functional groups attached to an aromatic ring is 1. The van der Waals surface area contributed by atoms with Crippen molar-refractivity contribution in [2.75, 3.05) is 5.73 Å². The number of hydrogen-bond donors (Lipinski definition) is 1. The van der Waals surface area contributed by atoms with Gasteiger partial charge in [-0.3, -0.25) is 0 Å². The van der Waals surface area contributed by atoms with E-state index in [4.69, 9.17) is 15.7 Å². The molecule has 0 heterocycles. The van der Waals surface area contributed by atoms with Crippen molar-refractivity contribution in [1.82, 2.24) is 0 Å². The Bertz CT molecular complexity index is 605. The minimum Gasteiger partial charge on any atom is -0.489 e. The molecule has 0 unspecified atom stereocenters. The summed E-state index contributed by atoms with van der Waals surface area (Å²) in [6, 6.07) is 13.2. The van der Waals surface area contributed by atoms with Crippen LogP contribution in [0.4, 0.5) is 10.1 Å². The van der Waals surface area contributed by atoms with E-state index in [1.165, 1.54) is 12.1 Å². The number of ether oxygens (including phenoxy) is 1. The first-order valence-electron chi connectivity index (χ1n) is 5.36. The van der Waals surface area contributed by atoms with Crippen LogP contribution in [0, 0.1) is 17.1 Å². The molecule has 0 aliphatic rings. The van der Waals surface area contributed by atoms with E-state index in [1.807, 2.05) is 18.2 Å². The van der Waals surface area contributed by atoms with E-state index in [0.717, 1.165) is 5.56 Å². The second-order valence-electron chi connectivity index (χ2n) is 3.74. The smallest absolute Gasteiger partial charge is 0.144 e. The molecular formula is C14H11FN2O. The first-order valence-corrected chi connectivity index (χ1v) is 5.36. The van der Waals surface area contributed by atoms with Crippen LogP contribution in [-0.4, -0.2) is 0 Å². The number of halogens is 1. The van der Waals surface area contributed by atoms with Crippen LogP contribution in [0.1, 0.15) is 11.1 Å². The Morgan fingerprint density at radius 1 is 1.22 bits per heavy atom. The van der Waals surface area contributed by atoms with Gasteiger partial charge in [0.25, 0.3) is 0 Å². The van der Waals surface area contributed by atoms with Crippen molar-refractivity contribution in [1.29, 1.82) is 5.26 Å². The lowest BCUT2D eigenvalue weighted by atomic mass is 10.2. The summed E-state index contributed by atoms with van der Waals surface area (Å²) in [7, 11) is 0. The van der Waals surface area contributed by atoms with Gasteiger partial charge in [-0.1, -0.05) is 18.2 Å². The van der Waals surface area contributed by atoms with E-state index in [0.29, 0.717) is 11.4 Å². The van der Waals surface area contributed by atoms with Crippen molar-refractivity contribution in [2.45, 2.75) is 6.61 Å². The number of rotatable bonds is 3. The third kappa shape index (κ3) is 2.58. The molecule has 0 aliphatic carbocycles. The summed E-state index contributed by atoms with van der Waals surface area (Å²) in [5.74, 6) is -0.217. The SMILES string of the molecule is N#Cc1ccc(OCc2ccccc2N)cc1F. The van der Waals surface area contributed by atoms with Crippen LogP contribution in [-0.2, 0) is 6.61 Å². The van der Waals surface area contributed by atoms with Crippen LogP contribution >= 0.6 is 0 Å². The molecule has 2 rings (SSSR count). The zero-order valence-electron chi connectivity index (χ0n) is 9.56. The van der Waals surface area contributed by atoms with Gasteiger partial charge in [-0.2, -0.15) is 5.26 Å². The number of nitrogens with two attached hydrogens (primary N) is 1. The van der Waals surface area contributed by atoms with Crippen LogP contribution < -0.4 is 10.5 Å². The fourth-order valence-electron chi connectivity index (χ4n) is 1.50. The van der Waals surface area contributed by atoms with Gasteiger partial charge >= 0.3 is 0 Å². The zero-order chi connectivity index (χ0) is 13.0. The summed E-state index contributed by atoms with van der Waals surface area (Å²) in [4.78, 5) is 0. The molecule has 90 valence electrons. The summed E-state index contributed by atoms with van der Waals surface area (Å²) >= 11 is 0. The minimum atomic E-state index is -0.587. The van der Waals surface area contributed by atoms with E-state index in [2.05, 4.69) is 0 Å². The maximum Gasteiger partial charge on any atom is 0.144 e. The third-order valence-corrected chi connectivity index (χ3v) is 2.51. The average Bonchev–Trinajstić information content (AvgIpc) is 2.38. The number of anilines is 1. The number of benzene rings is 2. The maximum atomic E-state index is 13.3. The Balaban J connectivity index is 2.10. The monoisotopic (exact) mass is 242 g/mol. The van der Waals surface area contributed by atoms with E-state index < -0.39 is 5.82 Å². The second kappa shape index (κ2) is 5.19. The predicted octanol–water partition coefficient (Wildman–Crippen LogP) is 2.86. The highest BCUT2D eigenvalue weighted by molar-refractivity contribution is 5.46. The van der Waals surface area contributed by atoms with Gasteiger partial charge in [-0.15, -0.1) is 0 Å². The normalized spacial score (nSPS) is 9.78. The van der Waals surface area contributed by atoms with E-state index in [9.17, 15) is 4.39 Å². The maximum absolute atomic E-state index is 13.3. The van der Waals surface area contributed by atoms with Gasteiger partial charge in [0.1, 0.15) is 24.2 Å². The summed E-state index contributed by atoms with van der Waals surface area (Å²) in [5.41, 5.74) is 7.23. The standard InChI is InChI=1S/C14H11FN2O/c15-13-7-12(6-5-10(13)8-16)18-9-11-3-1-2-4-14(11)17/h1-7H,9,17H2. The van der Waals surface area contributed by atoms with E-state index in [1.54, 1.807) is 18.2 Å².